The van der Waals surface area contributed by atoms with Gasteiger partial charge in [-0.2, -0.15) is 0 Å². The first kappa shape index (κ1) is 14.6. The van der Waals surface area contributed by atoms with Crippen LogP contribution >= 0.6 is 15.9 Å². The molecule has 0 amide bonds. The highest BCUT2D eigenvalue weighted by Gasteiger charge is 2.20. The molecule has 1 aliphatic rings. The molecule has 1 aliphatic carbocycles. The summed E-state index contributed by atoms with van der Waals surface area (Å²) in [5, 5.41) is 3.55. The Hall–Kier alpha value is -1.32. The number of aryl methyl sites for hydroxylation is 1. The van der Waals surface area contributed by atoms with E-state index in [0.29, 0.717) is 0 Å². The number of rotatable bonds is 5. The highest BCUT2D eigenvalue weighted by Crippen LogP contribution is 2.32. The van der Waals surface area contributed by atoms with Crippen LogP contribution in [0.25, 0.3) is 0 Å². The molecule has 0 bridgehead atoms. The Bertz CT molecular complexity index is 635. The Kier molecular flexibility index (Phi) is 4.32. The molecule has 0 radical (unpaired) electrons. The van der Waals surface area contributed by atoms with Crippen LogP contribution < -0.4 is 10.2 Å². The smallest absolute Gasteiger partial charge is 0.0552 e. The van der Waals surface area contributed by atoms with Crippen molar-refractivity contribution in [3.05, 3.63) is 58.1 Å². The molecule has 3 heteroatoms. The fourth-order valence-corrected chi connectivity index (χ4v) is 3.15. The summed E-state index contributed by atoms with van der Waals surface area (Å²) in [6, 6.07) is 15.9. The molecule has 2 nitrogen and oxygen atoms in total. The molecule has 0 atom stereocenters. The minimum Gasteiger partial charge on any atom is -0.344 e. The number of nitrogens with zero attached hydrogens (tertiary/aromatic N) is 1. The van der Waals surface area contributed by atoms with Gasteiger partial charge in [-0.25, -0.2) is 0 Å². The van der Waals surface area contributed by atoms with Crippen molar-refractivity contribution < 1.29 is 0 Å². The van der Waals surface area contributed by atoms with Crippen molar-refractivity contribution in [1.82, 2.24) is 5.32 Å². The molecule has 2 aromatic carbocycles. The summed E-state index contributed by atoms with van der Waals surface area (Å²) < 4.78 is 1.14. The first-order valence-electron chi connectivity index (χ1n) is 7.46. The molecular formula is C18H21BrN2. The molecular weight excluding hydrogens is 324 g/mol. The Morgan fingerprint density at radius 1 is 1.19 bits per heavy atom. The van der Waals surface area contributed by atoms with E-state index in [0.717, 1.165) is 17.1 Å². The molecule has 0 aromatic heterocycles. The van der Waals surface area contributed by atoms with E-state index in [1.54, 1.807) is 0 Å². The second kappa shape index (κ2) is 6.20. The van der Waals surface area contributed by atoms with E-state index in [1.165, 1.54) is 35.3 Å². The van der Waals surface area contributed by atoms with Crippen LogP contribution in [0, 0.1) is 6.92 Å². The van der Waals surface area contributed by atoms with Crippen molar-refractivity contribution in [1.29, 1.82) is 0 Å². The molecule has 0 saturated heterocycles. The van der Waals surface area contributed by atoms with Crippen molar-refractivity contribution in [3.63, 3.8) is 0 Å². The quantitative estimate of drug-likeness (QED) is 0.839. The minimum absolute atomic E-state index is 0.749. The summed E-state index contributed by atoms with van der Waals surface area (Å²) in [5.74, 6) is 0. The normalized spacial score (nSPS) is 14.2. The van der Waals surface area contributed by atoms with Crippen molar-refractivity contribution >= 4 is 27.3 Å². The van der Waals surface area contributed by atoms with Crippen LogP contribution in [0.15, 0.2) is 46.9 Å². The fourth-order valence-electron chi connectivity index (χ4n) is 2.46. The van der Waals surface area contributed by atoms with Gasteiger partial charge in [-0.1, -0.05) is 18.2 Å². The standard InChI is InChI=1S/C18H21BrN2/c1-13-4-3-5-16(10-13)21(2)18-9-6-14(11-17(18)19)12-20-15-7-8-15/h3-6,9-11,15,20H,7-8,12H2,1-2H3. The summed E-state index contributed by atoms with van der Waals surface area (Å²) in [4.78, 5) is 2.22. The summed E-state index contributed by atoms with van der Waals surface area (Å²) in [5.41, 5.74) is 5.01. The van der Waals surface area contributed by atoms with E-state index in [4.69, 9.17) is 0 Å². The number of hydrogen-bond acceptors (Lipinski definition) is 2. The minimum atomic E-state index is 0.749. The maximum atomic E-state index is 3.72. The average Bonchev–Trinajstić information content (AvgIpc) is 3.29. The lowest BCUT2D eigenvalue weighted by atomic mass is 10.1. The van der Waals surface area contributed by atoms with E-state index in [9.17, 15) is 0 Å². The number of halogens is 1. The van der Waals surface area contributed by atoms with Crippen LogP contribution in [-0.4, -0.2) is 13.1 Å². The molecule has 110 valence electrons. The Labute approximate surface area is 135 Å². The summed E-state index contributed by atoms with van der Waals surface area (Å²) in [7, 11) is 2.11. The Morgan fingerprint density at radius 2 is 2.00 bits per heavy atom. The molecule has 3 rings (SSSR count). The first-order valence-corrected chi connectivity index (χ1v) is 8.25. The molecule has 0 spiro atoms. The van der Waals surface area contributed by atoms with E-state index in [1.807, 2.05) is 0 Å². The molecule has 0 unspecified atom stereocenters. The van der Waals surface area contributed by atoms with Crippen molar-refractivity contribution in [2.45, 2.75) is 32.4 Å². The van der Waals surface area contributed by atoms with Crippen LogP contribution in [0.5, 0.6) is 0 Å². The van der Waals surface area contributed by atoms with Gasteiger partial charge in [0.05, 0.1) is 5.69 Å². The number of hydrogen-bond donors (Lipinski definition) is 1. The summed E-state index contributed by atoms with van der Waals surface area (Å²) >= 11 is 3.72. The fraction of sp³-hybridized carbons (Fsp3) is 0.333. The zero-order valence-electron chi connectivity index (χ0n) is 12.6. The van der Waals surface area contributed by atoms with Gasteiger partial charge in [-0.3, -0.25) is 0 Å². The summed E-state index contributed by atoms with van der Waals surface area (Å²) in [6.07, 6.45) is 2.66. The topological polar surface area (TPSA) is 15.3 Å². The Balaban J connectivity index is 1.77. The lowest BCUT2D eigenvalue weighted by Crippen LogP contribution is -2.15. The lowest BCUT2D eigenvalue weighted by molar-refractivity contribution is 0.687. The van der Waals surface area contributed by atoms with Crippen LogP contribution in [0.3, 0.4) is 0 Å². The van der Waals surface area contributed by atoms with Gasteiger partial charge in [0, 0.05) is 29.8 Å². The molecule has 0 aliphatic heterocycles. The van der Waals surface area contributed by atoms with Crippen LogP contribution in [0.2, 0.25) is 0 Å². The molecule has 2 aromatic rings. The lowest BCUT2D eigenvalue weighted by Gasteiger charge is -2.22. The summed E-state index contributed by atoms with van der Waals surface area (Å²) in [6.45, 7) is 3.08. The van der Waals surface area contributed by atoms with E-state index in [-0.39, 0.29) is 0 Å². The number of benzene rings is 2. The van der Waals surface area contributed by atoms with Gasteiger partial charge >= 0.3 is 0 Å². The highest BCUT2D eigenvalue weighted by molar-refractivity contribution is 9.10. The predicted molar refractivity (Wildman–Crippen MR) is 93.2 cm³/mol. The zero-order valence-corrected chi connectivity index (χ0v) is 14.2. The largest absolute Gasteiger partial charge is 0.344 e. The van der Waals surface area contributed by atoms with Gasteiger partial charge < -0.3 is 10.2 Å². The second-order valence-electron chi connectivity index (χ2n) is 5.84. The monoisotopic (exact) mass is 344 g/mol. The predicted octanol–water partition coefficient (Wildman–Crippen LogP) is 4.78. The zero-order chi connectivity index (χ0) is 14.8. The van der Waals surface area contributed by atoms with Crippen molar-refractivity contribution in [2.75, 3.05) is 11.9 Å². The van der Waals surface area contributed by atoms with Gasteiger partial charge in [-0.05, 0) is 71.1 Å². The average molecular weight is 345 g/mol. The second-order valence-corrected chi connectivity index (χ2v) is 6.69. The number of anilines is 2. The van der Waals surface area contributed by atoms with Gasteiger partial charge in [0.15, 0.2) is 0 Å². The third-order valence-electron chi connectivity index (χ3n) is 3.93. The molecule has 1 saturated carbocycles. The van der Waals surface area contributed by atoms with Crippen molar-refractivity contribution in [2.24, 2.45) is 0 Å². The van der Waals surface area contributed by atoms with Gasteiger partial charge in [0.2, 0.25) is 0 Å². The van der Waals surface area contributed by atoms with E-state index < -0.39 is 0 Å². The first-order chi connectivity index (χ1) is 10.1. The van der Waals surface area contributed by atoms with E-state index in [2.05, 4.69) is 82.6 Å². The third-order valence-corrected chi connectivity index (χ3v) is 4.57. The maximum Gasteiger partial charge on any atom is 0.0552 e. The Morgan fingerprint density at radius 3 is 2.67 bits per heavy atom. The van der Waals surface area contributed by atoms with Crippen molar-refractivity contribution in [3.8, 4) is 0 Å². The van der Waals surface area contributed by atoms with Crippen LogP contribution in [0.4, 0.5) is 11.4 Å². The van der Waals surface area contributed by atoms with Gasteiger partial charge in [0.25, 0.3) is 0 Å². The maximum absolute atomic E-state index is 3.72. The van der Waals surface area contributed by atoms with E-state index >= 15 is 0 Å². The van der Waals surface area contributed by atoms with Crippen LogP contribution in [0.1, 0.15) is 24.0 Å². The molecule has 0 heterocycles. The van der Waals surface area contributed by atoms with Crippen LogP contribution in [-0.2, 0) is 6.54 Å². The third kappa shape index (κ3) is 3.66. The molecule has 1 fully saturated rings. The number of nitrogens with one attached hydrogen (secondary N) is 1. The SMILES string of the molecule is Cc1cccc(N(C)c2ccc(CNC3CC3)cc2Br)c1. The van der Waals surface area contributed by atoms with Gasteiger partial charge in [-0.15, -0.1) is 0 Å². The van der Waals surface area contributed by atoms with Gasteiger partial charge in [0.1, 0.15) is 0 Å². The molecule has 1 N–H and O–H groups in total. The molecule has 21 heavy (non-hydrogen) atoms. The highest BCUT2D eigenvalue weighted by atomic mass is 79.9.